The molecule has 0 aliphatic heterocycles. The monoisotopic (exact) mass is 338 g/mol. The molecular weight excluding hydrogens is 320 g/mol. The van der Waals surface area contributed by atoms with E-state index in [1.165, 1.54) is 12.1 Å². The molecule has 0 spiro atoms. The average Bonchev–Trinajstić information content (AvgIpc) is 2.60. The van der Waals surface area contributed by atoms with E-state index in [4.69, 9.17) is 9.47 Å². The van der Waals surface area contributed by atoms with Crippen LogP contribution in [0.25, 0.3) is 11.6 Å². The molecule has 0 radical (unpaired) electrons. The van der Waals surface area contributed by atoms with Crippen LogP contribution in [0.15, 0.2) is 42.5 Å². The van der Waals surface area contributed by atoms with Crippen LogP contribution in [0.3, 0.4) is 0 Å². The molecule has 0 aliphatic rings. The van der Waals surface area contributed by atoms with Gasteiger partial charge in [0.15, 0.2) is 11.5 Å². The van der Waals surface area contributed by atoms with E-state index in [1.54, 1.807) is 43.5 Å². The number of allylic oxidation sites excluding steroid dienone is 1. The number of methoxy groups -OCH3 is 1. The first-order chi connectivity index (χ1) is 12.0. The second kappa shape index (κ2) is 7.97. The van der Waals surface area contributed by atoms with Crippen molar-refractivity contribution in [3.05, 3.63) is 63.7 Å². The minimum Gasteiger partial charge on any atom is -0.493 e. The smallest absolute Gasteiger partial charge is 0.270 e. The van der Waals surface area contributed by atoms with E-state index in [0.29, 0.717) is 28.2 Å². The molecule has 0 aromatic heterocycles. The third kappa shape index (κ3) is 4.36. The predicted octanol–water partition coefficient (Wildman–Crippen LogP) is 4.45. The molecule has 0 saturated carbocycles. The molecule has 25 heavy (non-hydrogen) atoms. The lowest BCUT2D eigenvalue weighted by molar-refractivity contribution is -0.384. The quantitative estimate of drug-likeness (QED) is 0.336. The van der Waals surface area contributed by atoms with Gasteiger partial charge < -0.3 is 9.47 Å². The van der Waals surface area contributed by atoms with Gasteiger partial charge >= 0.3 is 0 Å². The first-order valence-corrected chi connectivity index (χ1v) is 7.66. The Kier molecular flexibility index (Phi) is 5.75. The highest BCUT2D eigenvalue weighted by molar-refractivity contribution is 5.91. The molecule has 0 atom stereocenters. The maximum absolute atomic E-state index is 10.9. The Balaban J connectivity index is 2.55. The largest absolute Gasteiger partial charge is 0.493 e. The molecule has 0 aliphatic carbocycles. The lowest BCUT2D eigenvalue weighted by atomic mass is 10.0. The lowest BCUT2D eigenvalue weighted by Crippen LogP contribution is -2.08. The molecule has 0 fully saturated rings. The molecule has 6 nitrogen and oxygen atoms in total. The number of non-ortho nitro benzene ring substituents is 1. The second-order valence-electron chi connectivity index (χ2n) is 5.52. The van der Waals surface area contributed by atoms with Crippen LogP contribution in [0.5, 0.6) is 11.5 Å². The van der Waals surface area contributed by atoms with Gasteiger partial charge in [0.1, 0.15) is 0 Å². The predicted molar refractivity (Wildman–Crippen MR) is 95.3 cm³/mol. The molecule has 128 valence electrons. The van der Waals surface area contributed by atoms with Crippen LogP contribution in [0.1, 0.15) is 25.0 Å². The molecule has 0 saturated heterocycles. The summed E-state index contributed by atoms with van der Waals surface area (Å²) < 4.78 is 11.2. The number of nitriles is 1. The Morgan fingerprint density at radius 3 is 2.60 bits per heavy atom. The first-order valence-electron chi connectivity index (χ1n) is 7.66. The minimum absolute atomic E-state index is 0.0667. The van der Waals surface area contributed by atoms with Crippen LogP contribution in [-0.4, -0.2) is 18.1 Å². The van der Waals surface area contributed by atoms with Crippen LogP contribution in [0, 0.1) is 21.4 Å². The van der Waals surface area contributed by atoms with Crippen molar-refractivity contribution in [2.75, 3.05) is 7.11 Å². The fourth-order valence-electron chi connectivity index (χ4n) is 2.29. The minimum atomic E-state index is -0.489. The number of para-hydroxylation sites is 1. The molecule has 0 heterocycles. The van der Waals surface area contributed by atoms with Crippen molar-refractivity contribution in [1.29, 1.82) is 5.26 Å². The number of hydrogen-bond donors (Lipinski definition) is 0. The van der Waals surface area contributed by atoms with Gasteiger partial charge in [0.25, 0.3) is 5.69 Å². The zero-order valence-electron chi connectivity index (χ0n) is 14.2. The summed E-state index contributed by atoms with van der Waals surface area (Å²) in [5.74, 6) is 1.08. The molecule has 0 N–H and O–H groups in total. The van der Waals surface area contributed by atoms with Crippen molar-refractivity contribution < 1.29 is 14.4 Å². The van der Waals surface area contributed by atoms with E-state index in [2.05, 4.69) is 6.07 Å². The molecule has 0 bridgehead atoms. The van der Waals surface area contributed by atoms with Crippen molar-refractivity contribution in [3.63, 3.8) is 0 Å². The Labute approximate surface area is 146 Å². The summed E-state index contributed by atoms with van der Waals surface area (Å²) in [7, 11) is 1.54. The van der Waals surface area contributed by atoms with Crippen molar-refractivity contribution in [1.82, 2.24) is 0 Å². The summed E-state index contributed by atoms with van der Waals surface area (Å²) >= 11 is 0. The Morgan fingerprint density at radius 2 is 2.00 bits per heavy atom. The number of rotatable bonds is 6. The number of nitro groups is 1. The van der Waals surface area contributed by atoms with Gasteiger partial charge in [-0.3, -0.25) is 10.1 Å². The van der Waals surface area contributed by atoms with Crippen LogP contribution in [0.2, 0.25) is 0 Å². The van der Waals surface area contributed by atoms with E-state index in [-0.39, 0.29) is 11.8 Å². The number of nitrogens with zero attached hydrogens (tertiary/aromatic N) is 2. The molecule has 0 unspecified atom stereocenters. The Hall–Kier alpha value is -3.33. The maximum Gasteiger partial charge on any atom is 0.270 e. The van der Waals surface area contributed by atoms with E-state index in [0.717, 1.165) is 0 Å². The number of ether oxygens (including phenoxy) is 2. The zero-order chi connectivity index (χ0) is 18.4. The Bertz CT molecular complexity index is 851. The summed E-state index contributed by atoms with van der Waals surface area (Å²) in [6, 6.07) is 13.4. The molecule has 6 heteroatoms. The van der Waals surface area contributed by atoms with E-state index in [9.17, 15) is 15.4 Å². The van der Waals surface area contributed by atoms with Crippen LogP contribution in [-0.2, 0) is 0 Å². The van der Waals surface area contributed by atoms with Crippen molar-refractivity contribution in [3.8, 4) is 17.6 Å². The van der Waals surface area contributed by atoms with Crippen molar-refractivity contribution >= 4 is 17.3 Å². The van der Waals surface area contributed by atoms with Gasteiger partial charge in [0, 0.05) is 17.7 Å². The highest BCUT2D eigenvalue weighted by atomic mass is 16.6. The van der Waals surface area contributed by atoms with Gasteiger partial charge in [-0.15, -0.1) is 0 Å². The van der Waals surface area contributed by atoms with Gasteiger partial charge in [-0.05, 0) is 31.6 Å². The van der Waals surface area contributed by atoms with Gasteiger partial charge in [-0.2, -0.15) is 5.26 Å². The lowest BCUT2D eigenvalue weighted by Gasteiger charge is -2.16. The van der Waals surface area contributed by atoms with Gasteiger partial charge in [0.2, 0.25) is 0 Å². The fraction of sp³-hybridized carbons (Fsp3) is 0.211. The highest BCUT2D eigenvalue weighted by Gasteiger charge is 2.13. The Morgan fingerprint density at radius 1 is 1.28 bits per heavy atom. The SMILES string of the molecule is COc1cccc(C=C(C#N)c2cccc([N+](=O)[O-])c2)c1OC(C)C. The molecular formula is C19H18N2O4. The normalized spacial score (nSPS) is 11.1. The summed E-state index contributed by atoms with van der Waals surface area (Å²) in [5, 5.41) is 20.5. The average molecular weight is 338 g/mol. The fourth-order valence-corrected chi connectivity index (χ4v) is 2.29. The molecule has 2 aromatic rings. The maximum atomic E-state index is 10.9. The number of hydrogen-bond acceptors (Lipinski definition) is 5. The topological polar surface area (TPSA) is 85.4 Å². The number of benzene rings is 2. The molecule has 0 amide bonds. The van der Waals surface area contributed by atoms with E-state index >= 15 is 0 Å². The summed E-state index contributed by atoms with van der Waals surface area (Å²) in [6.45, 7) is 3.79. The van der Waals surface area contributed by atoms with Crippen molar-refractivity contribution in [2.24, 2.45) is 0 Å². The van der Waals surface area contributed by atoms with Gasteiger partial charge in [-0.1, -0.05) is 24.3 Å². The third-order valence-corrected chi connectivity index (χ3v) is 3.37. The van der Waals surface area contributed by atoms with Crippen LogP contribution < -0.4 is 9.47 Å². The third-order valence-electron chi connectivity index (χ3n) is 3.37. The first kappa shape index (κ1) is 18.0. The van der Waals surface area contributed by atoms with Gasteiger partial charge in [-0.25, -0.2) is 0 Å². The summed E-state index contributed by atoms with van der Waals surface area (Å²) in [4.78, 5) is 10.5. The standard InChI is InChI=1S/C19H18N2O4/c1-13(2)25-19-15(7-5-9-18(19)24-3)10-16(12-20)14-6-4-8-17(11-14)21(22)23/h4-11,13H,1-3H3. The molecule has 2 aromatic carbocycles. The van der Waals surface area contributed by atoms with Gasteiger partial charge in [0.05, 0.1) is 29.8 Å². The summed E-state index contributed by atoms with van der Waals surface area (Å²) in [5.41, 5.74) is 1.36. The molecule has 2 rings (SSSR count). The highest BCUT2D eigenvalue weighted by Crippen LogP contribution is 2.34. The van der Waals surface area contributed by atoms with Crippen molar-refractivity contribution in [2.45, 2.75) is 20.0 Å². The number of nitro benzene ring substituents is 1. The second-order valence-corrected chi connectivity index (χ2v) is 5.52. The van der Waals surface area contributed by atoms with E-state index in [1.807, 2.05) is 13.8 Å². The van der Waals surface area contributed by atoms with E-state index < -0.39 is 4.92 Å². The van der Waals surface area contributed by atoms with Crippen LogP contribution in [0.4, 0.5) is 5.69 Å². The van der Waals surface area contributed by atoms with Crippen LogP contribution >= 0.6 is 0 Å². The zero-order valence-corrected chi connectivity index (χ0v) is 14.2. The summed E-state index contributed by atoms with van der Waals surface area (Å²) in [6.07, 6.45) is 1.56.